The summed E-state index contributed by atoms with van der Waals surface area (Å²) >= 11 is 0. The van der Waals surface area contributed by atoms with Crippen LogP contribution in [-0.2, 0) is 11.3 Å². The summed E-state index contributed by atoms with van der Waals surface area (Å²) in [7, 11) is 0. The van der Waals surface area contributed by atoms with Crippen molar-refractivity contribution in [2.24, 2.45) is 0 Å². The SMILES string of the molecule is Cc1ccnn1CCC(=O)Nc1ccccc1C#N. The highest BCUT2D eigenvalue weighted by Gasteiger charge is 2.07. The van der Waals surface area contributed by atoms with E-state index in [0.717, 1.165) is 5.69 Å². The molecule has 1 aromatic carbocycles. The van der Waals surface area contributed by atoms with Crippen molar-refractivity contribution in [1.82, 2.24) is 9.78 Å². The van der Waals surface area contributed by atoms with Crippen LogP contribution >= 0.6 is 0 Å². The summed E-state index contributed by atoms with van der Waals surface area (Å²) in [6.07, 6.45) is 2.03. The fraction of sp³-hybridized carbons (Fsp3) is 0.214. The number of carbonyl (C=O) groups is 1. The summed E-state index contributed by atoms with van der Waals surface area (Å²) in [6, 6.07) is 10.9. The van der Waals surface area contributed by atoms with E-state index in [0.29, 0.717) is 24.2 Å². The lowest BCUT2D eigenvalue weighted by Gasteiger charge is -2.07. The molecule has 2 aromatic rings. The monoisotopic (exact) mass is 254 g/mol. The molecule has 0 saturated carbocycles. The van der Waals surface area contributed by atoms with Gasteiger partial charge in [-0.3, -0.25) is 9.48 Å². The van der Waals surface area contributed by atoms with Gasteiger partial charge in [-0.1, -0.05) is 12.1 Å². The number of hydrogen-bond donors (Lipinski definition) is 1. The van der Waals surface area contributed by atoms with Crippen molar-refractivity contribution in [3.05, 3.63) is 47.8 Å². The van der Waals surface area contributed by atoms with Crippen LogP contribution in [0.5, 0.6) is 0 Å². The van der Waals surface area contributed by atoms with Gasteiger partial charge in [-0.25, -0.2) is 0 Å². The minimum Gasteiger partial charge on any atom is -0.325 e. The molecule has 1 N–H and O–H groups in total. The molecule has 0 unspecified atom stereocenters. The van der Waals surface area contributed by atoms with Gasteiger partial charge in [-0.05, 0) is 25.1 Å². The fourth-order valence-electron chi connectivity index (χ4n) is 1.74. The average molecular weight is 254 g/mol. The number of aromatic nitrogens is 2. The van der Waals surface area contributed by atoms with E-state index in [4.69, 9.17) is 5.26 Å². The Hall–Kier alpha value is -2.61. The lowest BCUT2D eigenvalue weighted by molar-refractivity contribution is -0.116. The highest BCUT2D eigenvalue weighted by atomic mass is 16.1. The minimum absolute atomic E-state index is 0.127. The van der Waals surface area contributed by atoms with Crippen LogP contribution in [0.15, 0.2) is 36.5 Å². The van der Waals surface area contributed by atoms with Crippen LogP contribution < -0.4 is 5.32 Å². The predicted molar refractivity (Wildman–Crippen MR) is 71.4 cm³/mol. The van der Waals surface area contributed by atoms with E-state index in [2.05, 4.69) is 10.4 Å². The maximum atomic E-state index is 11.8. The smallest absolute Gasteiger partial charge is 0.226 e. The maximum Gasteiger partial charge on any atom is 0.226 e. The van der Waals surface area contributed by atoms with Crippen LogP contribution in [-0.4, -0.2) is 15.7 Å². The molecule has 0 saturated heterocycles. The third-order valence-corrected chi connectivity index (χ3v) is 2.80. The first-order valence-corrected chi connectivity index (χ1v) is 5.98. The van der Waals surface area contributed by atoms with E-state index in [1.165, 1.54) is 0 Å². The van der Waals surface area contributed by atoms with E-state index in [1.807, 2.05) is 19.1 Å². The Bertz CT molecular complexity index is 624. The second-order valence-corrected chi connectivity index (χ2v) is 4.15. The van der Waals surface area contributed by atoms with Crippen molar-refractivity contribution >= 4 is 11.6 Å². The molecule has 0 bridgehead atoms. The Balaban J connectivity index is 1.95. The van der Waals surface area contributed by atoms with Crippen LogP contribution in [0.25, 0.3) is 0 Å². The molecule has 96 valence electrons. The molecule has 0 atom stereocenters. The highest BCUT2D eigenvalue weighted by Crippen LogP contribution is 2.13. The van der Waals surface area contributed by atoms with Crippen LogP contribution in [0.2, 0.25) is 0 Å². The maximum absolute atomic E-state index is 11.8. The van der Waals surface area contributed by atoms with E-state index in [1.54, 1.807) is 35.1 Å². The number of benzene rings is 1. The van der Waals surface area contributed by atoms with Gasteiger partial charge in [-0.2, -0.15) is 10.4 Å². The second kappa shape index (κ2) is 5.83. The minimum atomic E-state index is -0.127. The van der Waals surface area contributed by atoms with Gasteiger partial charge in [0.05, 0.1) is 11.3 Å². The Morgan fingerprint density at radius 1 is 1.42 bits per heavy atom. The lowest BCUT2D eigenvalue weighted by atomic mass is 10.2. The standard InChI is InChI=1S/C14H14N4O/c1-11-6-8-16-18(11)9-7-14(19)17-13-5-3-2-4-12(13)10-15/h2-6,8H,7,9H2,1H3,(H,17,19). The van der Waals surface area contributed by atoms with Crippen molar-refractivity contribution in [2.45, 2.75) is 19.9 Å². The highest BCUT2D eigenvalue weighted by molar-refractivity contribution is 5.91. The molecule has 0 aliphatic heterocycles. The topological polar surface area (TPSA) is 70.7 Å². The molecule has 1 aromatic heterocycles. The summed E-state index contributed by atoms with van der Waals surface area (Å²) in [5.74, 6) is -0.127. The zero-order valence-corrected chi connectivity index (χ0v) is 10.6. The van der Waals surface area contributed by atoms with Crippen molar-refractivity contribution in [3.63, 3.8) is 0 Å². The van der Waals surface area contributed by atoms with Gasteiger partial charge >= 0.3 is 0 Å². The van der Waals surface area contributed by atoms with Crippen LogP contribution in [0.3, 0.4) is 0 Å². The van der Waals surface area contributed by atoms with Gasteiger partial charge < -0.3 is 5.32 Å². The Kier molecular flexibility index (Phi) is 3.94. The number of amides is 1. The summed E-state index contributed by atoms with van der Waals surface area (Å²) in [4.78, 5) is 11.8. The lowest BCUT2D eigenvalue weighted by Crippen LogP contribution is -2.16. The van der Waals surface area contributed by atoms with E-state index < -0.39 is 0 Å². The molecule has 0 radical (unpaired) electrons. The summed E-state index contributed by atoms with van der Waals surface area (Å²) in [5.41, 5.74) is 2.03. The molecule has 2 rings (SSSR count). The number of anilines is 1. The molecule has 0 fully saturated rings. The summed E-state index contributed by atoms with van der Waals surface area (Å²) in [6.45, 7) is 2.47. The first-order valence-electron chi connectivity index (χ1n) is 5.98. The van der Waals surface area contributed by atoms with Crippen LogP contribution in [0, 0.1) is 18.3 Å². The molecular weight excluding hydrogens is 240 g/mol. The van der Waals surface area contributed by atoms with E-state index in [9.17, 15) is 4.79 Å². The molecule has 0 spiro atoms. The largest absolute Gasteiger partial charge is 0.325 e. The fourth-order valence-corrected chi connectivity index (χ4v) is 1.74. The van der Waals surface area contributed by atoms with Gasteiger partial charge in [0.1, 0.15) is 6.07 Å². The zero-order chi connectivity index (χ0) is 13.7. The summed E-state index contributed by atoms with van der Waals surface area (Å²) in [5, 5.41) is 15.8. The number of carbonyl (C=O) groups excluding carboxylic acids is 1. The van der Waals surface area contributed by atoms with Gasteiger partial charge in [0.25, 0.3) is 0 Å². The Morgan fingerprint density at radius 3 is 2.89 bits per heavy atom. The number of aryl methyl sites for hydroxylation is 2. The normalized spacial score (nSPS) is 9.89. The number of nitriles is 1. The number of hydrogen-bond acceptors (Lipinski definition) is 3. The van der Waals surface area contributed by atoms with Gasteiger partial charge in [0.15, 0.2) is 0 Å². The molecule has 0 aliphatic rings. The molecular formula is C14H14N4O. The molecule has 5 nitrogen and oxygen atoms in total. The molecule has 19 heavy (non-hydrogen) atoms. The number of para-hydroxylation sites is 1. The van der Waals surface area contributed by atoms with Crippen molar-refractivity contribution < 1.29 is 4.79 Å². The van der Waals surface area contributed by atoms with Crippen molar-refractivity contribution in [2.75, 3.05) is 5.32 Å². The first kappa shape index (κ1) is 12.8. The predicted octanol–water partition coefficient (Wildman–Crippen LogP) is 2.09. The van der Waals surface area contributed by atoms with E-state index in [-0.39, 0.29) is 5.91 Å². The van der Waals surface area contributed by atoms with Crippen molar-refractivity contribution in [3.8, 4) is 6.07 Å². The number of nitrogens with zero attached hydrogens (tertiary/aromatic N) is 3. The Morgan fingerprint density at radius 2 is 2.21 bits per heavy atom. The van der Waals surface area contributed by atoms with Crippen LogP contribution in [0.4, 0.5) is 5.69 Å². The van der Waals surface area contributed by atoms with E-state index >= 15 is 0 Å². The van der Waals surface area contributed by atoms with Gasteiger partial charge in [0.2, 0.25) is 5.91 Å². The molecule has 1 heterocycles. The third kappa shape index (κ3) is 3.19. The quantitative estimate of drug-likeness (QED) is 0.908. The van der Waals surface area contributed by atoms with Crippen molar-refractivity contribution in [1.29, 1.82) is 5.26 Å². The molecule has 5 heteroatoms. The van der Waals surface area contributed by atoms with Gasteiger partial charge in [-0.15, -0.1) is 0 Å². The third-order valence-electron chi connectivity index (χ3n) is 2.80. The second-order valence-electron chi connectivity index (χ2n) is 4.15. The Labute approximate surface area is 111 Å². The number of rotatable bonds is 4. The zero-order valence-electron chi connectivity index (χ0n) is 10.6. The molecule has 1 amide bonds. The van der Waals surface area contributed by atoms with Gasteiger partial charge in [0, 0.05) is 24.9 Å². The summed E-state index contributed by atoms with van der Waals surface area (Å²) < 4.78 is 1.77. The average Bonchev–Trinajstić information content (AvgIpc) is 2.82. The number of nitrogens with one attached hydrogen (secondary N) is 1. The first-order chi connectivity index (χ1) is 9.20. The van der Waals surface area contributed by atoms with Crippen LogP contribution in [0.1, 0.15) is 17.7 Å². The molecule has 0 aliphatic carbocycles.